The Morgan fingerprint density at radius 3 is 2.60 bits per heavy atom. The molecule has 1 unspecified atom stereocenters. The van der Waals surface area contributed by atoms with Crippen molar-refractivity contribution >= 4 is 51.8 Å². The average molecular weight is 442 g/mol. The number of halogens is 1. The molecule has 0 bridgehead atoms. The van der Waals surface area contributed by atoms with Crippen molar-refractivity contribution in [3.05, 3.63) is 64.7 Å². The molecule has 0 radical (unpaired) electrons. The van der Waals surface area contributed by atoms with Crippen LogP contribution in [-0.2, 0) is 9.59 Å². The largest absolute Gasteiger partial charge is 0.351 e. The van der Waals surface area contributed by atoms with Crippen LogP contribution in [0.25, 0.3) is 0 Å². The minimum atomic E-state index is -0.541. The molecule has 0 spiro atoms. The van der Waals surface area contributed by atoms with Crippen LogP contribution in [0.15, 0.2) is 53.5 Å². The van der Waals surface area contributed by atoms with Crippen molar-refractivity contribution in [3.63, 3.8) is 0 Å². The lowest BCUT2D eigenvalue weighted by atomic mass is 10.0. The first-order valence-electron chi connectivity index (χ1n) is 9.74. The molecule has 1 N–H and O–H groups in total. The number of rotatable bonds is 5. The average Bonchev–Trinajstić information content (AvgIpc) is 3.40. The number of hydrogen-bond donors (Lipinski definition) is 1. The van der Waals surface area contributed by atoms with Gasteiger partial charge < -0.3 is 10.2 Å². The lowest BCUT2D eigenvalue weighted by Crippen LogP contribution is -2.25. The zero-order valence-electron chi connectivity index (χ0n) is 16.1. The smallest absolute Gasteiger partial charge is 0.262 e. The minimum absolute atomic E-state index is 0.00800. The highest BCUT2D eigenvalue weighted by atomic mass is 35.5. The third-order valence-corrected chi connectivity index (χ3v) is 6.46. The Balaban J connectivity index is 1.45. The van der Waals surface area contributed by atoms with E-state index in [0.717, 1.165) is 25.9 Å². The molecular weight excluding hydrogens is 422 g/mol. The molecule has 1 fully saturated rings. The van der Waals surface area contributed by atoms with Crippen LogP contribution in [0.2, 0.25) is 5.02 Å². The Bertz CT molecular complexity index is 1020. The zero-order chi connectivity index (χ0) is 21.1. The van der Waals surface area contributed by atoms with Gasteiger partial charge in [-0.05, 0) is 31.0 Å². The fraction of sp³-hybridized carbons (Fsp3) is 0.273. The second-order valence-corrected chi connectivity index (χ2v) is 8.78. The van der Waals surface area contributed by atoms with Crippen LogP contribution in [-0.4, -0.2) is 46.0 Å². The van der Waals surface area contributed by atoms with E-state index >= 15 is 0 Å². The normalized spacial score (nSPS) is 18.4. The molecule has 4 rings (SSSR count). The maximum atomic E-state index is 12.9. The maximum Gasteiger partial charge on any atom is 0.262 e. The fourth-order valence-electron chi connectivity index (χ4n) is 3.48. The number of carbonyl (C=O) groups is 3. The molecule has 2 aliphatic heterocycles. The second-order valence-electron chi connectivity index (χ2n) is 7.17. The van der Waals surface area contributed by atoms with Crippen molar-refractivity contribution in [1.82, 2.24) is 4.90 Å². The predicted molar refractivity (Wildman–Crippen MR) is 119 cm³/mol. The lowest BCUT2D eigenvalue weighted by molar-refractivity contribution is -0.121. The van der Waals surface area contributed by atoms with E-state index in [1.54, 1.807) is 36.4 Å². The number of nitrogens with zero attached hydrogens (tertiary/aromatic N) is 2. The van der Waals surface area contributed by atoms with E-state index in [1.807, 2.05) is 6.07 Å². The highest BCUT2D eigenvalue weighted by molar-refractivity contribution is 8.15. The molecule has 2 aromatic carbocycles. The first-order chi connectivity index (χ1) is 14.5. The minimum Gasteiger partial charge on any atom is -0.351 e. The molecule has 1 atom stereocenters. The summed E-state index contributed by atoms with van der Waals surface area (Å²) in [6.07, 6.45) is 2.17. The number of carbonyl (C=O) groups excluding carboxylic acids is 3. The highest BCUT2D eigenvalue weighted by Crippen LogP contribution is 2.30. The van der Waals surface area contributed by atoms with Gasteiger partial charge in [-0.15, -0.1) is 0 Å². The van der Waals surface area contributed by atoms with E-state index < -0.39 is 5.25 Å². The van der Waals surface area contributed by atoms with Crippen LogP contribution >= 0.6 is 23.4 Å². The Kier molecular flexibility index (Phi) is 6.20. The van der Waals surface area contributed by atoms with Crippen LogP contribution in [0.5, 0.6) is 0 Å². The molecule has 0 aromatic heterocycles. The van der Waals surface area contributed by atoms with Gasteiger partial charge in [-0.25, -0.2) is 0 Å². The SMILES string of the molecule is O=C(CC1SC(N2CCCC2)=NC1=O)Nc1ccc(Cl)cc1C(=O)c1ccccc1. The second kappa shape index (κ2) is 9.02. The van der Waals surface area contributed by atoms with Crippen molar-refractivity contribution in [1.29, 1.82) is 0 Å². The third kappa shape index (κ3) is 4.57. The molecule has 2 aromatic rings. The summed E-state index contributed by atoms with van der Waals surface area (Å²) < 4.78 is 0. The standard InChI is InChI=1S/C22H20ClN3O3S/c23-15-8-9-17(16(12-15)20(28)14-6-2-1-3-7-14)24-19(27)13-18-21(29)25-22(30-18)26-10-4-5-11-26/h1-3,6-9,12,18H,4-5,10-11,13H2,(H,24,27). The molecule has 8 heteroatoms. The lowest BCUT2D eigenvalue weighted by Gasteiger charge is -2.16. The Hall–Kier alpha value is -2.64. The number of anilines is 1. The van der Waals surface area contributed by atoms with Crippen molar-refractivity contribution in [2.75, 3.05) is 18.4 Å². The number of ketones is 1. The first-order valence-corrected chi connectivity index (χ1v) is 11.0. The fourth-order valence-corrected chi connectivity index (χ4v) is 4.77. The van der Waals surface area contributed by atoms with Gasteiger partial charge in [0.2, 0.25) is 5.91 Å². The van der Waals surface area contributed by atoms with Crippen molar-refractivity contribution in [3.8, 4) is 0 Å². The number of thioether (sulfide) groups is 1. The van der Waals surface area contributed by atoms with E-state index in [9.17, 15) is 14.4 Å². The van der Waals surface area contributed by atoms with E-state index in [-0.39, 0.29) is 24.0 Å². The predicted octanol–water partition coefficient (Wildman–Crippen LogP) is 3.99. The highest BCUT2D eigenvalue weighted by Gasteiger charge is 2.34. The van der Waals surface area contributed by atoms with Gasteiger partial charge >= 0.3 is 0 Å². The van der Waals surface area contributed by atoms with Crippen LogP contribution in [0.4, 0.5) is 5.69 Å². The molecule has 6 nitrogen and oxygen atoms in total. The number of nitrogens with one attached hydrogen (secondary N) is 1. The van der Waals surface area contributed by atoms with Gasteiger partial charge in [0.05, 0.1) is 5.69 Å². The van der Waals surface area contributed by atoms with Crippen LogP contribution in [0.1, 0.15) is 35.2 Å². The summed E-state index contributed by atoms with van der Waals surface area (Å²) in [5, 5.41) is 3.34. The molecule has 1 saturated heterocycles. The number of amides is 2. The van der Waals surface area contributed by atoms with Gasteiger partial charge in [0.1, 0.15) is 5.25 Å². The molecular formula is C22H20ClN3O3S. The number of benzene rings is 2. The number of aliphatic imine (C=N–C) groups is 1. The van der Waals surface area contributed by atoms with Gasteiger partial charge in [0, 0.05) is 35.7 Å². The molecule has 154 valence electrons. The molecule has 0 saturated carbocycles. The number of hydrogen-bond acceptors (Lipinski definition) is 5. The number of amidine groups is 1. The summed E-state index contributed by atoms with van der Waals surface area (Å²) in [5.74, 6) is -0.865. The summed E-state index contributed by atoms with van der Waals surface area (Å²) in [6, 6.07) is 13.5. The Morgan fingerprint density at radius 1 is 1.13 bits per heavy atom. The topological polar surface area (TPSA) is 78.8 Å². The molecule has 2 amide bonds. The summed E-state index contributed by atoms with van der Waals surface area (Å²) >= 11 is 7.43. The number of likely N-dealkylation sites (tertiary alicyclic amines) is 1. The Labute approximate surface area is 183 Å². The molecule has 2 heterocycles. The van der Waals surface area contributed by atoms with Gasteiger partial charge in [0.15, 0.2) is 11.0 Å². The molecule has 0 aliphatic carbocycles. The summed E-state index contributed by atoms with van der Waals surface area (Å²) in [7, 11) is 0. The van der Waals surface area contributed by atoms with E-state index in [2.05, 4.69) is 15.2 Å². The monoisotopic (exact) mass is 441 g/mol. The third-order valence-electron chi connectivity index (χ3n) is 5.01. The Morgan fingerprint density at radius 2 is 1.87 bits per heavy atom. The van der Waals surface area contributed by atoms with Crippen molar-refractivity contribution < 1.29 is 14.4 Å². The molecule has 30 heavy (non-hydrogen) atoms. The zero-order valence-corrected chi connectivity index (χ0v) is 17.7. The van der Waals surface area contributed by atoms with Crippen molar-refractivity contribution in [2.45, 2.75) is 24.5 Å². The summed E-state index contributed by atoms with van der Waals surface area (Å²) in [6.45, 7) is 1.79. The quantitative estimate of drug-likeness (QED) is 0.709. The van der Waals surface area contributed by atoms with Crippen LogP contribution in [0.3, 0.4) is 0 Å². The maximum absolute atomic E-state index is 12.9. The first kappa shape index (κ1) is 20.6. The summed E-state index contributed by atoms with van der Waals surface area (Å²) in [5.41, 5.74) is 1.18. The van der Waals surface area contributed by atoms with Gasteiger partial charge in [0.25, 0.3) is 5.91 Å². The summed E-state index contributed by atoms with van der Waals surface area (Å²) in [4.78, 5) is 44.0. The van der Waals surface area contributed by atoms with E-state index in [0.29, 0.717) is 27.0 Å². The van der Waals surface area contributed by atoms with E-state index in [4.69, 9.17) is 11.6 Å². The molecule has 2 aliphatic rings. The van der Waals surface area contributed by atoms with Gasteiger partial charge in [-0.3, -0.25) is 14.4 Å². The van der Waals surface area contributed by atoms with Crippen LogP contribution in [0, 0.1) is 0 Å². The van der Waals surface area contributed by atoms with Crippen LogP contribution < -0.4 is 5.32 Å². The van der Waals surface area contributed by atoms with Gasteiger partial charge in [-0.1, -0.05) is 53.7 Å². The van der Waals surface area contributed by atoms with Crippen molar-refractivity contribution in [2.24, 2.45) is 4.99 Å². The van der Waals surface area contributed by atoms with E-state index in [1.165, 1.54) is 17.8 Å². The van der Waals surface area contributed by atoms with Gasteiger partial charge in [-0.2, -0.15) is 4.99 Å².